The largest absolute Gasteiger partial charge is 0.298 e. The Labute approximate surface area is 191 Å². The Balaban J connectivity index is 1.30. The van der Waals surface area contributed by atoms with Crippen molar-refractivity contribution in [1.29, 1.82) is 0 Å². The number of carbonyl (C=O) groups is 2. The Morgan fingerprint density at radius 1 is 0.750 bits per heavy atom. The number of amides is 2. The highest BCUT2D eigenvalue weighted by atomic mass is 32.1. The molecule has 0 spiro atoms. The third kappa shape index (κ3) is 5.17. The molecule has 158 valence electrons. The molecule has 0 saturated carbocycles. The molecule has 0 saturated heterocycles. The monoisotopic (exact) mass is 439 g/mol. The minimum Gasteiger partial charge on any atom is -0.298 e. The average Bonchev–Trinajstić information content (AvgIpc) is 2.81. The second-order valence-corrected chi connectivity index (χ2v) is 7.62. The van der Waals surface area contributed by atoms with Gasteiger partial charge in [-0.15, -0.1) is 0 Å². The van der Waals surface area contributed by atoms with Crippen LogP contribution in [0.4, 0.5) is 0 Å². The fourth-order valence-electron chi connectivity index (χ4n) is 3.54. The van der Waals surface area contributed by atoms with Crippen LogP contribution >= 0.6 is 12.2 Å². The lowest BCUT2D eigenvalue weighted by atomic mass is 10.0. The van der Waals surface area contributed by atoms with E-state index >= 15 is 0 Å². The van der Waals surface area contributed by atoms with Gasteiger partial charge in [0.1, 0.15) is 0 Å². The molecule has 0 aliphatic carbocycles. The number of benzene rings is 4. The van der Waals surface area contributed by atoms with E-state index in [1.807, 2.05) is 84.9 Å². The zero-order chi connectivity index (χ0) is 22.3. The molecule has 0 heterocycles. The molecule has 0 unspecified atom stereocenters. The van der Waals surface area contributed by atoms with E-state index in [9.17, 15) is 9.59 Å². The van der Waals surface area contributed by atoms with Crippen molar-refractivity contribution in [1.82, 2.24) is 16.2 Å². The van der Waals surface area contributed by atoms with Gasteiger partial charge in [0.25, 0.3) is 0 Å². The Hall–Kier alpha value is -4.03. The predicted molar refractivity (Wildman–Crippen MR) is 133 cm³/mol. The Kier molecular flexibility index (Phi) is 6.53. The summed E-state index contributed by atoms with van der Waals surface area (Å²) in [5, 5.41) is 6.80. The standard InChI is InChI=1S/C26H21N3O2S/c30-24(16-15-20-11-5-9-18-7-1-3-13-22(18)20)27-26(32)29-28-25(31)17-21-12-6-10-19-8-2-4-14-23(19)21/h1-16H,17H2,(H,28,31)(H2,27,29,30,32)/b16-15+. The van der Waals surface area contributed by atoms with E-state index in [0.717, 1.165) is 32.7 Å². The zero-order valence-electron chi connectivity index (χ0n) is 17.2. The molecule has 0 radical (unpaired) electrons. The van der Waals surface area contributed by atoms with Crippen LogP contribution in [0.1, 0.15) is 11.1 Å². The number of carbonyl (C=O) groups excluding carboxylic acids is 2. The maximum atomic E-state index is 12.3. The summed E-state index contributed by atoms with van der Waals surface area (Å²) in [6, 6.07) is 27.6. The molecule has 2 amide bonds. The second-order valence-electron chi connectivity index (χ2n) is 7.21. The number of rotatable bonds is 4. The van der Waals surface area contributed by atoms with E-state index in [0.29, 0.717) is 0 Å². The maximum Gasteiger partial charge on any atom is 0.250 e. The van der Waals surface area contributed by atoms with Crippen LogP contribution in [-0.4, -0.2) is 16.9 Å². The van der Waals surface area contributed by atoms with Gasteiger partial charge in [0.15, 0.2) is 5.11 Å². The van der Waals surface area contributed by atoms with Crippen molar-refractivity contribution in [2.24, 2.45) is 0 Å². The van der Waals surface area contributed by atoms with Gasteiger partial charge in [-0.25, -0.2) is 0 Å². The molecule has 0 aromatic heterocycles. The first-order valence-corrected chi connectivity index (χ1v) is 10.5. The third-order valence-electron chi connectivity index (χ3n) is 5.02. The molecule has 0 aliphatic heterocycles. The van der Waals surface area contributed by atoms with Gasteiger partial charge in [0.05, 0.1) is 6.42 Å². The molecule has 4 aromatic carbocycles. The molecule has 0 atom stereocenters. The summed E-state index contributed by atoms with van der Waals surface area (Å²) in [6.07, 6.45) is 3.33. The summed E-state index contributed by atoms with van der Waals surface area (Å²) in [7, 11) is 0. The first-order valence-electron chi connectivity index (χ1n) is 10.1. The van der Waals surface area contributed by atoms with Crippen LogP contribution in [0.25, 0.3) is 27.6 Å². The maximum absolute atomic E-state index is 12.3. The Bertz CT molecular complexity index is 1340. The normalized spacial score (nSPS) is 10.9. The van der Waals surface area contributed by atoms with E-state index < -0.39 is 5.91 Å². The van der Waals surface area contributed by atoms with Gasteiger partial charge < -0.3 is 0 Å². The molecule has 5 nitrogen and oxygen atoms in total. The van der Waals surface area contributed by atoms with Gasteiger partial charge in [0.2, 0.25) is 11.8 Å². The van der Waals surface area contributed by atoms with Gasteiger partial charge in [-0.1, -0.05) is 84.9 Å². The number of thiocarbonyl (C=S) groups is 1. The predicted octanol–water partition coefficient (Wildman–Crippen LogP) is 4.27. The van der Waals surface area contributed by atoms with Crippen molar-refractivity contribution < 1.29 is 9.59 Å². The van der Waals surface area contributed by atoms with E-state index in [4.69, 9.17) is 12.2 Å². The van der Waals surface area contributed by atoms with Crippen LogP contribution in [0.2, 0.25) is 0 Å². The van der Waals surface area contributed by atoms with Gasteiger partial charge in [-0.2, -0.15) is 0 Å². The molecule has 4 aromatic rings. The van der Waals surface area contributed by atoms with E-state index in [1.54, 1.807) is 6.08 Å². The van der Waals surface area contributed by atoms with Gasteiger partial charge in [0, 0.05) is 6.08 Å². The van der Waals surface area contributed by atoms with E-state index in [2.05, 4.69) is 16.2 Å². The minimum absolute atomic E-state index is 0.0174. The first kappa shape index (κ1) is 21.2. The zero-order valence-corrected chi connectivity index (χ0v) is 18.0. The van der Waals surface area contributed by atoms with Gasteiger partial charge >= 0.3 is 0 Å². The Morgan fingerprint density at radius 3 is 2.16 bits per heavy atom. The summed E-state index contributed by atoms with van der Waals surface area (Å²) in [5.41, 5.74) is 6.95. The van der Waals surface area contributed by atoms with Crippen LogP contribution < -0.4 is 16.2 Å². The minimum atomic E-state index is -0.390. The first-order chi connectivity index (χ1) is 15.6. The SMILES string of the molecule is O=C(/C=C/c1cccc2ccccc12)NC(=S)NNC(=O)Cc1cccc2ccccc12. The quantitative estimate of drug-likeness (QED) is 0.252. The van der Waals surface area contributed by atoms with Crippen molar-refractivity contribution in [2.75, 3.05) is 0 Å². The lowest BCUT2D eigenvalue weighted by molar-refractivity contribution is -0.121. The summed E-state index contributed by atoms with van der Waals surface area (Å²) in [6.45, 7) is 0. The fourth-order valence-corrected chi connectivity index (χ4v) is 3.69. The smallest absolute Gasteiger partial charge is 0.250 e. The van der Waals surface area contributed by atoms with Crippen molar-refractivity contribution in [2.45, 2.75) is 6.42 Å². The summed E-state index contributed by atoms with van der Waals surface area (Å²) in [5.74, 6) is -0.650. The molecule has 32 heavy (non-hydrogen) atoms. The highest BCUT2D eigenvalue weighted by Gasteiger charge is 2.08. The highest BCUT2D eigenvalue weighted by molar-refractivity contribution is 7.80. The lowest BCUT2D eigenvalue weighted by Crippen LogP contribution is -2.48. The van der Waals surface area contributed by atoms with Crippen LogP contribution in [0.5, 0.6) is 0 Å². The van der Waals surface area contributed by atoms with Crippen molar-refractivity contribution in [3.05, 3.63) is 102 Å². The van der Waals surface area contributed by atoms with Crippen LogP contribution in [0.3, 0.4) is 0 Å². The molecular weight excluding hydrogens is 418 g/mol. The highest BCUT2D eigenvalue weighted by Crippen LogP contribution is 2.20. The van der Waals surface area contributed by atoms with Gasteiger partial charge in [-0.3, -0.25) is 25.8 Å². The average molecular weight is 440 g/mol. The van der Waals surface area contributed by atoms with E-state index in [-0.39, 0.29) is 17.4 Å². The molecule has 4 rings (SSSR count). The van der Waals surface area contributed by atoms with Crippen molar-refractivity contribution in [3.8, 4) is 0 Å². The summed E-state index contributed by atoms with van der Waals surface area (Å²) >= 11 is 5.11. The number of fused-ring (bicyclic) bond motifs is 2. The van der Waals surface area contributed by atoms with E-state index in [1.165, 1.54) is 6.08 Å². The molecule has 0 fully saturated rings. The molecular formula is C26H21N3O2S. The fraction of sp³-hybridized carbons (Fsp3) is 0.0385. The molecule has 3 N–H and O–H groups in total. The summed E-state index contributed by atoms with van der Waals surface area (Å²) in [4.78, 5) is 24.5. The van der Waals surface area contributed by atoms with Crippen molar-refractivity contribution in [3.63, 3.8) is 0 Å². The van der Waals surface area contributed by atoms with Crippen LogP contribution in [-0.2, 0) is 16.0 Å². The lowest BCUT2D eigenvalue weighted by Gasteiger charge is -2.11. The number of hydrogen-bond donors (Lipinski definition) is 3. The topological polar surface area (TPSA) is 70.2 Å². The van der Waals surface area contributed by atoms with Crippen LogP contribution in [0.15, 0.2) is 91.0 Å². The third-order valence-corrected chi connectivity index (χ3v) is 5.22. The molecule has 0 aliphatic rings. The molecule has 6 heteroatoms. The van der Waals surface area contributed by atoms with Crippen molar-refractivity contribution >= 4 is 56.8 Å². The summed E-state index contributed by atoms with van der Waals surface area (Å²) < 4.78 is 0. The molecule has 0 bridgehead atoms. The number of hydrogen-bond acceptors (Lipinski definition) is 3. The Morgan fingerprint density at radius 2 is 1.38 bits per heavy atom. The van der Waals surface area contributed by atoms with Crippen LogP contribution in [0, 0.1) is 0 Å². The second kappa shape index (κ2) is 9.85. The number of hydrazine groups is 1. The number of nitrogens with one attached hydrogen (secondary N) is 3. The van der Waals surface area contributed by atoms with Gasteiger partial charge in [-0.05, 0) is 51.0 Å².